The molecule has 2 N–H and O–H groups in total. The van der Waals surface area contributed by atoms with Gasteiger partial charge in [0.1, 0.15) is 21.1 Å². The van der Waals surface area contributed by atoms with Gasteiger partial charge in [-0.05, 0) is 44.5 Å². The van der Waals surface area contributed by atoms with Crippen LogP contribution < -0.4 is 15.4 Å². The molecule has 0 spiro atoms. The molecule has 1 aromatic carbocycles. The second kappa shape index (κ2) is 7.40. The van der Waals surface area contributed by atoms with Crippen molar-refractivity contribution in [2.45, 2.75) is 25.3 Å². The van der Waals surface area contributed by atoms with E-state index < -0.39 is 9.84 Å². The van der Waals surface area contributed by atoms with Crippen LogP contribution in [0.2, 0.25) is 0 Å². The second-order valence-electron chi connectivity index (χ2n) is 6.15. The third-order valence-corrected chi connectivity index (χ3v) is 4.98. The lowest BCUT2D eigenvalue weighted by Gasteiger charge is -2.22. The van der Waals surface area contributed by atoms with Crippen molar-refractivity contribution in [3.63, 3.8) is 0 Å². The van der Waals surface area contributed by atoms with Crippen molar-refractivity contribution in [3.8, 4) is 5.75 Å². The number of nitrogens with one attached hydrogen (secondary N) is 2. The number of rotatable bonds is 7. The maximum Gasteiger partial charge on any atom is 0.295 e. The molecule has 1 saturated heterocycles. The van der Waals surface area contributed by atoms with Crippen molar-refractivity contribution in [2.24, 2.45) is 0 Å². The Morgan fingerprint density at radius 1 is 1.38 bits per heavy atom. The number of ether oxygens (including phenoxy) is 1. The van der Waals surface area contributed by atoms with E-state index >= 15 is 0 Å². The molecule has 7 nitrogen and oxygen atoms in total. The quantitative estimate of drug-likeness (QED) is 0.733. The van der Waals surface area contributed by atoms with E-state index in [0.717, 1.165) is 31.4 Å². The number of benzene rings is 1. The molecule has 132 valence electrons. The van der Waals surface area contributed by atoms with Crippen LogP contribution in [0.25, 0.3) is 11.1 Å². The lowest BCUT2D eigenvalue weighted by molar-refractivity contribution is 0.318. The summed E-state index contributed by atoms with van der Waals surface area (Å²) in [6.07, 6.45) is 3.80. The summed E-state index contributed by atoms with van der Waals surface area (Å²) in [5.41, 5.74) is 1.43. The number of fused-ring (bicyclic) bond motifs is 1. The van der Waals surface area contributed by atoms with Crippen LogP contribution in [0, 0.1) is 0 Å². The van der Waals surface area contributed by atoms with E-state index in [0.29, 0.717) is 36.4 Å². The predicted molar refractivity (Wildman–Crippen MR) is 93.3 cm³/mol. The molecule has 0 amide bonds. The fourth-order valence-electron chi connectivity index (χ4n) is 2.71. The first kappa shape index (κ1) is 17.0. The molecule has 8 heteroatoms. The van der Waals surface area contributed by atoms with Gasteiger partial charge in [-0.2, -0.15) is 4.98 Å². The molecule has 1 aliphatic heterocycles. The molecule has 24 heavy (non-hydrogen) atoms. The number of aromatic nitrogens is 1. The van der Waals surface area contributed by atoms with E-state index in [-0.39, 0.29) is 5.75 Å². The molecule has 0 aliphatic carbocycles. The van der Waals surface area contributed by atoms with Crippen molar-refractivity contribution in [1.29, 1.82) is 0 Å². The Kier molecular flexibility index (Phi) is 5.25. The zero-order valence-electron chi connectivity index (χ0n) is 13.7. The van der Waals surface area contributed by atoms with E-state index in [4.69, 9.17) is 9.15 Å². The van der Waals surface area contributed by atoms with Crippen molar-refractivity contribution in [2.75, 3.05) is 37.0 Å². The number of oxazole rings is 1. The molecule has 0 bridgehead atoms. The van der Waals surface area contributed by atoms with Crippen molar-refractivity contribution in [1.82, 2.24) is 10.3 Å². The Labute approximate surface area is 141 Å². The fraction of sp³-hybridized carbons (Fsp3) is 0.562. The maximum absolute atomic E-state index is 11.1. The fourth-order valence-corrected chi connectivity index (χ4v) is 3.35. The first-order valence-corrected chi connectivity index (χ1v) is 10.2. The Bertz CT molecular complexity index is 782. The smallest absolute Gasteiger partial charge is 0.295 e. The van der Waals surface area contributed by atoms with Gasteiger partial charge in [-0.3, -0.25) is 0 Å². The normalized spacial score (nSPS) is 16.4. The van der Waals surface area contributed by atoms with Crippen molar-refractivity contribution in [3.05, 3.63) is 18.2 Å². The second-order valence-corrected chi connectivity index (χ2v) is 8.41. The summed E-state index contributed by atoms with van der Waals surface area (Å²) in [6.45, 7) is 2.36. The summed E-state index contributed by atoms with van der Waals surface area (Å²) in [5.74, 6) is 0.793. The van der Waals surface area contributed by atoms with Gasteiger partial charge in [-0.15, -0.1) is 0 Å². The summed E-state index contributed by atoms with van der Waals surface area (Å²) >= 11 is 0. The van der Waals surface area contributed by atoms with Crippen LogP contribution in [0.15, 0.2) is 22.6 Å². The summed E-state index contributed by atoms with van der Waals surface area (Å²) < 4.78 is 33.5. The SMILES string of the molecule is CS(=O)(=O)CCCOc1ccc2oc(NC3CCNCC3)nc2c1. The Balaban J connectivity index is 1.59. The lowest BCUT2D eigenvalue weighted by Crippen LogP contribution is -2.35. The van der Waals surface area contributed by atoms with Crippen LogP contribution in [0.4, 0.5) is 6.01 Å². The average molecular weight is 353 g/mol. The molecule has 0 unspecified atom stereocenters. The van der Waals surface area contributed by atoms with E-state index in [2.05, 4.69) is 15.6 Å². The van der Waals surface area contributed by atoms with Crippen LogP contribution in [-0.2, 0) is 9.84 Å². The minimum Gasteiger partial charge on any atom is -0.493 e. The molecule has 0 saturated carbocycles. The zero-order valence-corrected chi connectivity index (χ0v) is 14.6. The minimum atomic E-state index is -2.94. The number of nitrogens with zero attached hydrogens (tertiary/aromatic N) is 1. The van der Waals surface area contributed by atoms with Crippen LogP contribution in [0.5, 0.6) is 5.75 Å². The topological polar surface area (TPSA) is 93.5 Å². The number of piperidine rings is 1. The standard InChI is InChI=1S/C16H23N3O4S/c1-24(20,21)10-2-9-22-13-3-4-15-14(11-13)19-16(23-15)18-12-5-7-17-8-6-12/h3-4,11-12,17H,2,5-10H2,1H3,(H,18,19). The highest BCUT2D eigenvalue weighted by atomic mass is 32.2. The predicted octanol–water partition coefficient (Wildman–Crippen LogP) is 1.81. The summed E-state index contributed by atoms with van der Waals surface area (Å²) in [4.78, 5) is 4.46. The van der Waals surface area contributed by atoms with Crippen molar-refractivity contribution >= 4 is 27.0 Å². The molecule has 1 aliphatic rings. The molecule has 3 rings (SSSR count). The largest absolute Gasteiger partial charge is 0.493 e. The molecular formula is C16H23N3O4S. The van der Waals surface area contributed by atoms with Crippen LogP contribution in [0.3, 0.4) is 0 Å². The lowest BCUT2D eigenvalue weighted by atomic mass is 10.1. The average Bonchev–Trinajstić information content (AvgIpc) is 2.93. The molecule has 2 heterocycles. The minimum absolute atomic E-state index is 0.128. The molecule has 1 aromatic heterocycles. The van der Waals surface area contributed by atoms with Gasteiger partial charge in [-0.1, -0.05) is 0 Å². The first-order chi connectivity index (χ1) is 11.5. The van der Waals surface area contributed by atoms with E-state index in [9.17, 15) is 8.42 Å². The Morgan fingerprint density at radius 3 is 2.92 bits per heavy atom. The summed E-state index contributed by atoms with van der Waals surface area (Å²) in [6, 6.07) is 6.36. The van der Waals surface area contributed by atoms with Gasteiger partial charge in [0.25, 0.3) is 6.01 Å². The van der Waals surface area contributed by atoms with Crippen molar-refractivity contribution < 1.29 is 17.6 Å². The molecular weight excluding hydrogens is 330 g/mol. The Hall–Kier alpha value is -1.80. The van der Waals surface area contributed by atoms with E-state index in [1.807, 2.05) is 18.2 Å². The maximum atomic E-state index is 11.1. The van der Waals surface area contributed by atoms with E-state index in [1.54, 1.807) is 0 Å². The van der Waals surface area contributed by atoms with Gasteiger partial charge in [0, 0.05) is 18.4 Å². The highest BCUT2D eigenvalue weighted by Gasteiger charge is 2.15. The number of sulfone groups is 1. The molecule has 1 fully saturated rings. The Morgan fingerprint density at radius 2 is 2.17 bits per heavy atom. The highest BCUT2D eigenvalue weighted by molar-refractivity contribution is 7.90. The van der Waals surface area contributed by atoms with E-state index in [1.165, 1.54) is 6.26 Å². The number of hydrogen-bond acceptors (Lipinski definition) is 7. The summed E-state index contributed by atoms with van der Waals surface area (Å²) in [7, 11) is -2.94. The molecule has 2 aromatic rings. The van der Waals surface area contributed by atoms with Gasteiger partial charge in [0.2, 0.25) is 0 Å². The number of hydrogen-bond donors (Lipinski definition) is 2. The molecule has 0 atom stereocenters. The van der Waals surface area contributed by atoms with Gasteiger partial charge < -0.3 is 19.8 Å². The van der Waals surface area contributed by atoms with Gasteiger partial charge in [-0.25, -0.2) is 8.42 Å². The third kappa shape index (κ3) is 4.85. The van der Waals surface area contributed by atoms with Gasteiger partial charge in [0.05, 0.1) is 12.4 Å². The third-order valence-electron chi connectivity index (χ3n) is 3.95. The van der Waals surface area contributed by atoms with Gasteiger partial charge >= 0.3 is 0 Å². The number of anilines is 1. The van der Waals surface area contributed by atoms with Crippen LogP contribution in [-0.4, -0.2) is 51.1 Å². The highest BCUT2D eigenvalue weighted by Crippen LogP contribution is 2.24. The molecule has 0 radical (unpaired) electrons. The van der Waals surface area contributed by atoms with Crippen LogP contribution >= 0.6 is 0 Å². The van der Waals surface area contributed by atoms with Crippen LogP contribution in [0.1, 0.15) is 19.3 Å². The monoisotopic (exact) mass is 353 g/mol. The van der Waals surface area contributed by atoms with Gasteiger partial charge in [0.15, 0.2) is 5.58 Å². The summed E-state index contributed by atoms with van der Waals surface area (Å²) in [5, 5.41) is 6.66. The first-order valence-electron chi connectivity index (χ1n) is 8.18. The zero-order chi connectivity index (χ0) is 17.0.